The molecule has 0 spiro atoms. The third-order valence-corrected chi connectivity index (χ3v) is 6.51. The molecule has 0 radical (unpaired) electrons. The number of nitrogens with zero attached hydrogens (tertiary/aromatic N) is 2. The first kappa shape index (κ1) is 23.2. The Bertz CT molecular complexity index is 1400. The Balaban J connectivity index is 1.46. The molecule has 9 heteroatoms. The first-order valence-electron chi connectivity index (χ1n) is 10.5. The number of hydrogen-bond donors (Lipinski definition) is 1. The molecule has 0 aliphatic rings. The van der Waals surface area contributed by atoms with Crippen LogP contribution in [0.25, 0.3) is 16.1 Å². The van der Waals surface area contributed by atoms with Crippen molar-refractivity contribution in [1.29, 1.82) is 0 Å². The summed E-state index contributed by atoms with van der Waals surface area (Å²) in [6, 6.07) is 18.3. The lowest BCUT2D eigenvalue weighted by Crippen LogP contribution is -2.32. The lowest BCUT2D eigenvalue weighted by molar-refractivity contribution is -0.123. The average Bonchev–Trinajstić information content (AvgIpc) is 3.40. The minimum Gasteiger partial charge on any atom is -0.448 e. The summed E-state index contributed by atoms with van der Waals surface area (Å²) in [7, 11) is 1.72. The number of hydrogen-bond acceptors (Lipinski definition) is 5. The molecule has 7 nitrogen and oxygen atoms in total. The van der Waals surface area contributed by atoms with Gasteiger partial charge in [0.1, 0.15) is 16.4 Å². The van der Waals surface area contributed by atoms with Gasteiger partial charge >= 0.3 is 5.97 Å². The van der Waals surface area contributed by atoms with Gasteiger partial charge in [-0.25, -0.2) is 13.9 Å². The first-order chi connectivity index (χ1) is 16.3. The predicted molar refractivity (Wildman–Crippen MR) is 129 cm³/mol. The number of para-hydroxylation sites is 1. The van der Waals surface area contributed by atoms with E-state index in [-0.39, 0.29) is 17.1 Å². The van der Waals surface area contributed by atoms with E-state index in [4.69, 9.17) is 4.74 Å². The predicted octanol–water partition coefficient (Wildman–Crippen LogP) is 4.54. The van der Waals surface area contributed by atoms with E-state index in [0.717, 1.165) is 10.4 Å². The fourth-order valence-electron chi connectivity index (χ4n) is 3.43. The van der Waals surface area contributed by atoms with Gasteiger partial charge in [-0.2, -0.15) is 0 Å². The molecule has 174 valence electrons. The molecular formula is C25H22FN3O4S. The smallest absolute Gasteiger partial charge is 0.349 e. The van der Waals surface area contributed by atoms with Gasteiger partial charge in [0.05, 0.1) is 11.4 Å². The minimum atomic E-state index is -1.13. The number of esters is 1. The molecule has 0 saturated carbocycles. The molecule has 1 N–H and O–H groups in total. The molecule has 1 amide bonds. The van der Waals surface area contributed by atoms with Crippen LogP contribution in [-0.4, -0.2) is 27.3 Å². The van der Waals surface area contributed by atoms with Gasteiger partial charge in [-0.15, -0.1) is 11.3 Å². The van der Waals surface area contributed by atoms with Crippen LogP contribution in [0.15, 0.2) is 71.5 Å². The number of nitrogens with one attached hydrogen (secondary N) is 1. The van der Waals surface area contributed by atoms with Crippen molar-refractivity contribution in [2.45, 2.75) is 20.0 Å². The topological polar surface area (TPSA) is 82.3 Å². The molecule has 2 aromatic heterocycles. The Morgan fingerprint density at radius 1 is 1.03 bits per heavy atom. The quantitative estimate of drug-likeness (QED) is 0.412. The fraction of sp³-hybridized carbons (Fsp3) is 0.160. The maximum absolute atomic E-state index is 13.1. The number of carbonyl (C=O) groups excluding carboxylic acids is 2. The monoisotopic (exact) mass is 479 g/mol. The zero-order valence-corrected chi connectivity index (χ0v) is 19.6. The number of aromatic nitrogens is 2. The summed E-state index contributed by atoms with van der Waals surface area (Å²) in [6.07, 6.45) is -1.13. The Kier molecular flexibility index (Phi) is 6.47. The highest BCUT2D eigenvalue weighted by molar-refractivity contribution is 7.17. The van der Waals surface area contributed by atoms with E-state index in [1.165, 1.54) is 35.1 Å². The molecule has 0 aliphatic heterocycles. The highest BCUT2D eigenvalue weighted by atomic mass is 32.1. The number of halogens is 1. The van der Waals surface area contributed by atoms with E-state index >= 15 is 0 Å². The molecule has 0 fully saturated rings. The lowest BCUT2D eigenvalue weighted by Gasteiger charge is -2.12. The summed E-state index contributed by atoms with van der Waals surface area (Å²) in [5.41, 5.74) is 1.72. The standard InChI is InChI=1S/C25H22FN3O4S/c1-15-22(24(31)29(28(15)3)19-7-5-4-6-8-19)27-23(30)16(2)33-25(32)21-14-13-20(34-21)17-9-11-18(26)12-10-17/h4-14,16H,1-3H3,(H,27,30). The second kappa shape index (κ2) is 9.48. The summed E-state index contributed by atoms with van der Waals surface area (Å²) < 4.78 is 21.6. The molecule has 4 aromatic rings. The summed E-state index contributed by atoms with van der Waals surface area (Å²) in [5, 5.41) is 2.60. The molecule has 2 heterocycles. The second-order valence-electron chi connectivity index (χ2n) is 7.64. The van der Waals surface area contributed by atoms with E-state index < -0.39 is 18.0 Å². The Morgan fingerprint density at radius 3 is 2.38 bits per heavy atom. The molecule has 1 unspecified atom stereocenters. The first-order valence-corrected chi connectivity index (χ1v) is 11.3. The van der Waals surface area contributed by atoms with Crippen LogP contribution in [0.1, 0.15) is 22.3 Å². The summed E-state index contributed by atoms with van der Waals surface area (Å²) >= 11 is 1.18. The molecule has 0 bridgehead atoms. The van der Waals surface area contributed by atoms with Crippen molar-refractivity contribution in [3.63, 3.8) is 0 Å². The van der Waals surface area contributed by atoms with E-state index in [0.29, 0.717) is 16.3 Å². The molecule has 34 heavy (non-hydrogen) atoms. The van der Waals surface area contributed by atoms with Crippen molar-refractivity contribution in [3.8, 4) is 16.1 Å². The van der Waals surface area contributed by atoms with Gasteiger partial charge in [-0.3, -0.25) is 14.3 Å². The van der Waals surface area contributed by atoms with Gasteiger partial charge in [-0.05, 0) is 55.8 Å². The number of benzene rings is 2. The van der Waals surface area contributed by atoms with Crippen molar-refractivity contribution in [3.05, 3.63) is 93.5 Å². The maximum atomic E-state index is 13.1. The Labute approximate surface area is 199 Å². The second-order valence-corrected chi connectivity index (χ2v) is 8.73. The summed E-state index contributed by atoms with van der Waals surface area (Å²) in [5.74, 6) is -1.62. The van der Waals surface area contributed by atoms with Gasteiger partial charge < -0.3 is 10.1 Å². The van der Waals surface area contributed by atoms with Crippen LogP contribution in [0.3, 0.4) is 0 Å². The number of carbonyl (C=O) groups is 2. The summed E-state index contributed by atoms with van der Waals surface area (Å²) in [4.78, 5) is 39.3. The minimum absolute atomic E-state index is 0.119. The Hall–Kier alpha value is -3.98. The van der Waals surface area contributed by atoms with Gasteiger partial charge in [0.25, 0.3) is 11.5 Å². The van der Waals surface area contributed by atoms with Crippen molar-refractivity contribution in [2.75, 3.05) is 5.32 Å². The summed E-state index contributed by atoms with van der Waals surface area (Å²) in [6.45, 7) is 3.16. The van der Waals surface area contributed by atoms with Crippen molar-refractivity contribution in [1.82, 2.24) is 9.36 Å². The van der Waals surface area contributed by atoms with Crippen LogP contribution in [0.4, 0.5) is 10.1 Å². The van der Waals surface area contributed by atoms with Crippen LogP contribution < -0.4 is 10.9 Å². The Morgan fingerprint density at radius 2 is 1.71 bits per heavy atom. The number of thiophene rings is 1. The van der Waals surface area contributed by atoms with Crippen LogP contribution in [0.5, 0.6) is 0 Å². The van der Waals surface area contributed by atoms with Gasteiger partial charge in [-0.1, -0.05) is 30.3 Å². The fourth-order valence-corrected chi connectivity index (χ4v) is 4.32. The molecule has 2 aromatic carbocycles. The average molecular weight is 480 g/mol. The maximum Gasteiger partial charge on any atom is 0.349 e. The van der Waals surface area contributed by atoms with Gasteiger partial charge in [0, 0.05) is 11.9 Å². The van der Waals surface area contributed by atoms with Crippen LogP contribution in [0, 0.1) is 12.7 Å². The molecular weight excluding hydrogens is 457 g/mol. The highest BCUT2D eigenvalue weighted by Gasteiger charge is 2.24. The van der Waals surface area contributed by atoms with Gasteiger partial charge in [0.2, 0.25) is 0 Å². The van der Waals surface area contributed by atoms with Crippen LogP contribution in [-0.2, 0) is 16.6 Å². The third-order valence-electron chi connectivity index (χ3n) is 5.39. The normalized spacial score (nSPS) is 11.8. The largest absolute Gasteiger partial charge is 0.448 e. The van der Waals surface area contributed by atoms with Crippen LogP contribution >= 0.6 is 11.3 Å². The van der Waals surface area contributed by atoms with Crippen molar-refractivity contribution < 1.29 is 18.7 Å². The van der Waals surface area contributed by atoms with E-state index in [1.807, 2.05) is 18.2 Å². The van der Waals surface area contributed by atoms with Crippen molar-refractivity contribution in [2.24, 2.45) is 7.05 Å². The van der Waals surface area contributed by atoms with Crippen LogP contribution in [0.2, 0.25) is 0 Å². The zero-order chi connectivity index (χ0) is 24.4. The number of amides is 1. The van der Waals surface area contributed by atoms with Gasteiger partial charge in [0.15, 0.2) is 6.10 Å². The third kappa shape index (κ3) is 4.55. The van der Waals surface area contributed by atoms with E-state index in [9.17, 15) is 18.8 Å². The SMILES string of the molecule is Cc1c(NC(=O)C(C)OC(=O)c2ccc(-c3ccc(F)cc3)s2)c(=O)n(-c2ccccc2)n1C. The molecule has 0 aliphatic carbocycles. The zero-order valence-electron chi connectivity index (χ0n) is 18.7. The highest BCUT2D eigenvalue weighted by Crippen LogP contribution is 2.29. The molecule has 4 rings (SSSR count). The van der Waals surface area contributed by atoms with E-state index in [1.54, 1.807) is 55.1 Å². The van der Waals surface area contributed by atoms with Crippen molar-refractivity contribution >= 4 is 28.9 Å². The number of ether oxygens (including phenoxy) is 1. The number of anilines is 1. The number of rotatable bonds is 6. The molecule has 1 atom stereocenters. The van der Waals surface area contributed by atoms with E-state index in [2.05, 4.69) is 5.32 Å². The lowest BCUT2D eigenvalue weighted by atomic mass is 10.2. The molecule has 0 saturated heterocycles.